The predicted molar refractivity (Wildman–Crippen MR) is 134 cm³/mol. The number of amides is 1. The van der Waals surface area contributed by atoms with E-state index >= 15 is 0 Å². The molecular formula is C27H36ClN3O. The minimum Gasteiger partial charge on any atom is -0.352 e. The molecule has 0 saturated carbocycles. The molecule has 2 aromatic carbocycles. The maximum Gasteiger partial charge on any atom is 0.251 e. The minimum atomic E-state index is -0.0834. The number of nitrogens with one attached hydrogen (secondary N) is 1. The third-order valence-electron chi connectivity index (χ3n) is 5.92. The van der Waals surface area contributed by atoms with Crippen LogP contribution in [-0.4, -0.2) is 22.0 Å². The molecule has 0 aliphatic carbocycles. The Morgan fingerprint density at radius 1 is 0.938 bits per heavy atom. The van der Waals surface area contributed by atoms with Crippen LogP contribution in [0.3, 0.4) is 0 Å². The van der Waals surface area contributed by atoms with Gasteiger partial charge in [-0.25, -0.2) is 4.98 Å². The first-order valence-electron chi connectivity index (χ1n) is 12.2. The molecule has 172 valence electrons. The van der Waals surface area contributed by atoms with Crippen molar-refractivity contribution in [3.05, 3.63) is 64.9 Å². The fourth-order valence-corrected chi connectivity index (χ4v) is 4.34. The van der Waals surface area contributed by atoms with Crippen LogP contribution in [0.2, 0.25) is 5.02 Å². The molecule has 1 N–H and O–H groups in total. The van der Waals surface area contributed by atoms with Crippen molar-refractivity contribution in [2.75, 3.05) is 6.54 Å². The van der Waals surface area contributed by atoms with Crippen molar-refractivity contribution in [2.45, 2.75) is 77.7 Å². The van der Waals surface area contributed by atoms with Gasteiger partial charge in [0.2, 0.25) is 0 Å². The third-order valence-corrected chi connectivity index (χ3v) is 6.15. The summed E-state index contributed by atoms with van der Waals surface area (Å²) in [6, 6.07) is 15.4. The summed E-state index contributed by atoms with van der Waals surface area (Å²) in [5.74, 6) is 1.03. The van der Waals surface area contributed by atoms with Crippen LogP contribution in [0.5, 0.6) is 0 Å². The highest BCUT2D eigenvalue weighted by Crippen LogP contribution is 2.19. The van der Waals surface area contributed by atoms with E-state index < -0.39 is 0 Å². The Morgan fingerprint density at radius 3 is 2.47 bits per heavy atom. The molecule has 1 heterocycles. The summed E-state index contributed by atoms with van der Waals surface area (Å²) in [5, 5.41) is 3.57. The van der Waals surface area contributed by atoms with Crippen LogP contribution in [0, 0.1) is 0 Å². The van der Waals surface area contributed by atoms with Crippen LogP contribution in [-0.2, 0) is 13.0 Å². The maximum absolute atomic E-state index is 12.3. The number of carbonyl (C=O) groups is 1. The van der Waals surface area contributed by atoms with Crippen molar-refractivity contribution in [3.63, 3.8) is 0 Å². The molecule has 4 nitrogen and oxygen atoms in total. The summed E-state index contributed by atoms with van der Waals surface area (Å²) in [6.07, 6.45) is 12.2. The molecule has 0 fully saturated rings. The molecule has 32 heavy (non-hydrogen) atoms. The highest BCUT2D eigenvalue weighted by atomic mass is 35.5. The van der Waals surface area contributed by atoms with E-state index in [2.05, 4.69) is 35.0 Å². The topological polar surface area (TPSA) is 46.9 Å². The molecule has 3 rings (SSSR count). The first-order chi connectivity index (χ1) is 15.7. The van der Waals surface area contributed by atoms with Gasteiger partial charge in [-0.1, -0.05) is 81.7 Å². The standard InChI is InChI=1S/C27H36ClN3O/c1-2-3-4-5-6-7-8-11-20-31-25-17-10-9-16-24(25)30-26(31)18-13-19-29-27(32)22-14-12-15-23(28)21-22/h9-10,12,14-17,21H,2-8,11,13,18-20H2,1H3,(H,29,32). The number of hydrogen-bond acceptors (Lipinski definition) is 2. The number of rotatable bonds is 14. The molecule has 0 unspecified atom stereocenters. The summed E-state index contributed by atoms with van der Waals surface area (Å²) in [4.78, 5) is 17.2. The Kier molecular flexibility index (Phi) is 10.1. The molecule has 0 aliphatic heterocycles. The summed E-state index contributed by atoms with van der Waals surface area (Å²) < 4.78 is 2.38. The van der Waals surface area contributed by atoms with E-state index in [0.717, 1.165) is 30.7 Å². The van der Waals surface area contributed by atoms with E-state index in [1.165, 1.54) is 56.9 Å². The Morgan fingerprint density at radius 2 is 1.69 bits per heavy atom. The van der Waals surface area contributed by atoms with Crippen LogP contribution in [0.4, 0.5) is 0 Å². The van der Waals surface area contributed by atoms with Gasteiger partial charge in [0.05, 0.1) is 11.0 Å². The van der Waals surface area contributed by atoms with Crippen LogP contribution in [0.15, 0.2) is 48.5 Å². The van der Waals surface area contributed by atoms with Gasteiger partial charge in [0, 0.05) is 30.1 Å². The number of aryl methyl sites for hydroxylation is 2. The number of unbranched alkanes of at least 4 members (excludes halogenated alkanes) is 7. The third kappa shape index (κ3) is 7.37. The zero-order valence-electron chi connectivity index (χ0n) is 19.3. The number of hydrogen-bond donors (Lipinski definition) is 1. The van der Waals surface area contributed by atoms with Crippen LogP contribution in [0.25, 0.3) is 11.0 Å². The summed E-state index contributed by atoms with van der Waals surface area (Å²) in [5.41, 5.74) is 2.87. The van der Waals surface area contributed by atoms with E-state index in [1.54, 1.807) is 24.3 Å². The molecule has 3 aromatic rings. The lowest BCUT2D eigenvalue weighted by molar-refractivity contribution is 0.0953. The predicted octanol–water partition coefficient (Wildman–Crippen LogP) is 7.19. The van der Waals surface area contributed by atoms with Gasteiger partial charge in [-0.2, -0.15) is 0 Å². The number of para-hydroxylation sites is 2. The number of fused-ring (bicyclic) bond motifs is 1. The number of aromatic nitrogens is 2. The van der Waals surface area contributed by atoms with E-state index in [-0.39, 0.29) is 5.91 Å². The minimum absolute atomic E-state index is 0.0834. The van der Waals surface area contributed by atoms with E-state index in [1.807, 2.05) is 6.07 Å². The maximum atomic E-state index is 12.3. The van der Waals surface area contributed by atoms with Gasteiger partial charge in [0.25, 0.3) is 5.91 Å². The average Bonchev–Trinajstić information content (AvgIpc) is 3.15. The lowest BCUT2D eigenvalue weighted by atomic mass is 10.1. The van der Waals surface area contributed by atoms with Crippen LogP contribution >= 0.6 is 11.6 Å². The summed E-state index contributed by atoms with van der Waals surface area (Å²) in [6.45, 7) is 3.90. The van der Waals surface area contributed by atoms with Gasteiger partial charge in [0.1, 0.15) is 5.82 Å². The largest absolute Gasteiger partial charge is 0.352 e. The summed E-state index contributed by atoms with van der Waals surface area (Å²) >= 11 is 5.99. The highest BCUT2D eigenvalue weighted by Gasteiger charge is 2.11. The van der Waals surface area contributed by atoms with Crippen molar-refractivity contribution >= 4 is 28.5 Å². The molecule has 1 aromatic heterocycles. The number of halogens is 1. The van der Waals surface area contributed by atoms with Crippen molar-refractivity contribution in [1.82, 2.24) is 14.9 Å². The van der Waals surface area contributed by atoms with Gasteiger partial charge < -0.3 is 9.88 Å². The van der Waals surface area contributed by atoms with E-state index in [4.69, 9.17) is 16.6 Å². The number of imidazole rings is 1. The first-order valence-corrected chi connectivity index (χ1v) is 12.5. The van der Waals surface area contributed by atoms with Crippen molar-refractivity contribution in [2.24, 2.45) is 0 Å². The molecule has 0 radical (unpaired) electrons. The van der Waals surface area contributed by atoms with Gasteiger partial charge >= 0.3 is 0 Å². The molecule has 0 bridgehead atoms. The zero-order valence-corrected chi connectivity index (χ0v) is 20.0. The number of nitrogens with zero attached hydrogens (tertiary/aromatic N) is 2. The van der Waals surface area contributed by atoms with Gasteiger partial charge in [-0.3, -0.25) is 4.79 Å². The monoisotopic (exact) mass is 453 g/mol. The molecule has 1 amide bonds. The highest BCUT2D eigenvalue weighted by molar-refractivity contribution is 6.30. The average molecular weight is 454 g/mol. The second-order valence-electron chi connectivity index (χ2n) is 8.51. The molecule has 0 spiro atoms. The van der Waals surface area contributed by atoms with Crippen LogP contribution in [0.1, 0.15) is 80.9 Å². The SMILES string of the molecule is CCCCCCCCCCn1c(CCCNC(=O)c2cccc(Cl)c2)nc2ccccc21. The fourth-order valence-electron chi connectivity index (χ4n) is 4.15. The Hall–Kier alpha value is -2.33. The second-order valence-corrected chi connectivity index (χ2v) is 8.95. The van der Waals surface area contributed by atoms with Crippen molar-refractivity contribution < 1.29 is 4.79 Å². The van der Waals surface area contributed by atoms with Gasteiger partial charge in [0.15, 0.2) is 0 Å². The second kappa shape index (κ2) is 13.3. The Bertz CT molecular complexity index is 982. The van der Waals surface area contributed by atoms with Crippen molar-refractivity contribution in [3.8, 4) is 0 Å². The van der Waals surface area contributed by atoms with E-state index in [9.17, 15) is 4.79 Å². The Balaban J connectivity index is 1.48. The quantitative estimate of drug-likeness (QED) is 0.262. The van der Waals surface area contributed by atoms with Gasteiger partial charge in [-0.05, 0) is 43.2 Å². The van der Waals surface area contributed by atoms with Gasteiger partial charge in [-0.15, -0.1) is 0 Å². The summed E-state index contributed by atoms with van der Waals surface area (Å²) in [7, 11) is 0. The zero-order chi connectivity index (χ0) is 22.6. The fraction of sp³-hybridized carbons (Fsp3) is 0.481. The number of benzene rings is 2. The lowest BCUT2D eigenvalue weighted by Gasteiger charge is -2.10. The normalized spacial score (nSPS) is 11.2. The smallest absolute Gasteiger partial charge is 0.251 e. The Labute approximate surface area is 197 Å². The van der Waals surface area contributed by atoms with Crippen LogP contribution < -0.4 is 5.32 Å². The molecule has 0 aliphatic rings. The number of carbonyl (C=O) groups excluding carboxylic acids is 1. The lowest BCUT2D eigenvalue weighted by Crippen LogP contribution is -2.25. The van der Waals surface area contributed by atoms with E-state index in [0.29, 0.717) is 17.1 Å². The van der Waals surface area contributed by atoms with Crippen molar-refractivity contribution in [1.29, 1.82) is 0 Å². The molecular weight excluding hydrogens is 418 g/mol. The molecule has 0 atom stereocenters. The molecule has 5 heteroatoms. The first kappa shape index (κ1) is 24.3. The molecule has 0 saturated heterocycles.